The van der Waals surface area contributed by atoms with Gasteiger partial charge in [-0.05, 0) is 43.5 Å². The fourth-order valence-corrected chi connectivity index (χ4v) is 2.55. The lowest BCUT2D eigenvalue weighted by molar-refractivity contribution is -0.136. The van der Waals surface area contributed by atoms with E-state index in [1.54, 1.807) is 37.3 Å². The molecule has 0 spiro atoms. The molecular weight excluding hydrogens is 328 g/mol. The SMILES string of the molecule is CSc1cccc(NC(=O)C(=O)NCC(C)(O)Cc2ccco2)c1. The van der Waals surface area contributed by atoms with Gasteiger partial charge in [-0.3, -0.25) is 9.59 Å². The molecule has 6 nitrogen and oxygen atoms in total. The van der Waals surface area contributed by atoms with Crippen molar-refractivity contribution >= 4 is 29.3 Å². The molecule has 2 aromatic rings. The van der Waals surface area contributed by atoms with Gasteiger partial charge < -0.3 is 20.2 Å². The first-order chi connectivity index (χ1) is 11.4. The molecular formula is C17H20N2O4S. The zero-order chi connectivity index (χ0) is 17.6. The van der Waals surface area contributed by atoms with Crippen molar-refractivity contribution in [2.24, 2.45) is 0 Å². The molecule has 0 aliphatic heterocycles. The quantitative estimate of drug-likeness (QED) is 0.549. The molecule has 0 bridgehead atoms. The van der Waals surface area contributed by atoms with Gasteiger partial charge in [0.2, 0.25) is 0 Å². The minimum atomic E-state index is -1.22. The van der Waals surface area contributed by atoms with E-state index in [4.69, 9.17) is 4.42 Å². The van der Waals surface area contributed by atoms with Crippen LogP contribution in [-0.2, 0) is 16.0 Å². The molecule has 0 saturated heterocycles. The van der Waals surface area contributed by atoms with E-state index in [0.717, 1.165) is 4.90 Å². The summed E-state index contributed by atoms with van der Waals surface area (Å²) >= 11 is 1.54. The van der Waals surface area contributed by atoms with Gasteiger partial charge in [0, 0.05) is 23.5 Å². The molecule has 0 fully saturated rings. The van der Waals surface area contributed by atoms with Crippen LogP contribution in [-0.4, -0.2) is 35.3 Å². The summed E-state index contributed by atoms with van der Waals surface area (Å²) in [6.45, 7) is 1.50. The Morgan fingerprint density at radius 2 is 2.04 bits per heavy atom. The first kappa shape index (κ1) is 18.1. The first-order valence-corrected chi connectivity index (χ1v) is 8.60. The number of rotatable bonds is 6. The van der Waals surface area contributed by atoms with Crippen molar-refractivity contribution in [3.63, 3.8) is 0 Å². The topological polar surface area (TPSA) is 91.6 Å². The van der Waals surface area contributed by atoms with Gasteiger partial charge in [0.15, 0.2) is 0 Å². The summed E-state index contributed by atoms with van der Waals surface area (Å²) in [6, 6.07) is 10.7. The number of carbonyl (C=O) groups is 2. The molecule has 1 aromatic carbocycles. The number of amides is 2. The fraction of sp³-hybridized carbons (Fsp3) is 0.294. The largest absolute Gasteiger partial charge is 0.469 e. The van der Waals surface area contributed by atoms with Gasteiger partial charge in [-0.25, -0.2) is 0 Å². The van der Waals surface area contributed by atoms with Crippen LogP contribution in [0.25, 0.3) is 0 Å². The second-order valence-corrected chi connectivity index (χ2v) is 6.50. The standard InChI is InChI=1S/C17H20N2O4S/c1-17(22,10-13-6-4-8-23-13)11-18-15(20)16(21)19-12-5-3-7-14(9-12)24-2/h3-9,22H,10-11H2,1-2H3,(H,18,20)(H,19,21). The number of anilines is 1. The normalized spacial score (nSPS) is 13.1. The minimum absolute atomic E-state index is 0.0647. The molecule has 2 rings (SSSR count). The summed E-state index contributed by atoms with van der Waals surface area (Å²) in [5.74, 6) is -0.973. The lowest BCUT2D eigenvalue weighted by atomic mass is 10.0. The van der Waals surface area contributed by atoms with Crippen LogP contribution in [0.15, 0.2) is 52.0 Å². The monoisotopic (exact) mass is 348 g/mol. The molecule has 1 atom stereocenters. The lowest BCUT2D eigenvalue weighted by Gasteiger charge is -2.22. The van der Waals surface area contributed by atoms with Crippen molar-refractivity contribution in [3.05, 3.63) is 48.4 Å². The molecule has 0 radical (unpaired) electrons. The smallest absolute Gasteiger partial charge is 0.313 e. The number of nitrogens with one attached hydrogen (secondary N) is 2. The van der Waals surface area contributed by atoms with E-state index in [1.165, 1.54) is 18.0 Å². The van der Waals surface area contributed by atoms with E-state index < -0.39 is 17.4 Å². The molecule has 3 N–H and O–H groups in total. The number of carbonyl (C=O) groups excluding carboxylic acids is 2. The fourth-order valence-electron chi connectivity index (χ4n) is 2.09. The highest BCUT2D eigenvalue weighted by Crippen LogP contribution is 2.18. The molecule has 1 aromatic heterocycles. The first-order valence-electron chi connectivity index (χ1n) is 7.37. The highest BCUT2D eigenvalue weighted by atomic mass is 32.2. The predicted molar refractivity (Wildman–Crippen MR) is 92.9 cm³/mol. The lowest BCUT2D eigenvalue weighted by Crippen LogP contribution is -2.45. The maximum Gasteiger partial charge on any atom is 0.313 e. The van der Waals surface area contributed by atoms with E-state index in [2.05, 4.69) is 10.6 Å². The number of furan rings is 1. The van der Waals surface area contributed by atoms with Gasteiger partial charge in [0.1, 0.15) is 5.76 Å². The van der Waals surface area contributed by atoms with Crippen LogP contribution in [0.3, 0.4) is 0 Å². The van der Waals surface area contributed by atoms with Gasteiger partial charge in [0.25, 0.3) is 0 Å². The highest BCUT2D eigenvalue weighted by Gasteiger charge is 2.25. The van der Waals surface area contributed by atoms with Crippen molar-refractivity contribution in [2.45, 2.75) is 23.8 Å². The summed E-state index contributed by atoms with van der Waals surface area (Å²) in [5, 5.41) is 15.2. The van der Waals surface area contributed by atoms with Gasteiger partial charge in [-0.2, -0.15) is 0 Å². The van der Waals surface area contributed by atoms with Crippen LogP contribution >= 0.6 is 11.8 Å². The number of hydrogen-bond donors (Lipinski definition) is 3. The van der Waals surface area contributed by atoms with Gasteiger partial charge in [-0.15, -0.1) is 11.8 Å². The summed E-state index contributed by atoms with van der Waals surface area (Å²) in [5.41, 5.74) is -0.670. The van der Waals surface area contributed by atoms with Crippen LogP contribution in [0, 0.1) is 0 Å². The zero-order valence-electron chi connectivity index (χ0n) is 13.5. The highest BCUT2D eigenvalue weighted by molar-refractivity contribution is 7.98. The average Bonchev–Trinajstić information content (AvgIpc) is 3.05. The summed E-state index contributed by atoms with van der Waals surface area (Å²) in [6.07, 6.45) is 3.67. The minimum Gasteiger partial charge on any atom is -0.469 e. The van der Waals surface area contributed by atoms with Crippen LogP contribution in [0.2, 0.25) is 0 Å². The number of hydrogen-bond acceptors (Lipinski definition) is 5. The Morgan fingerprint density at radius 1 is 1.25 bits per heavy atom. The molecule has 7 heteroatoms. The van der Waals surface area contributed by atoms with E-state index >= 15 is 0 Å². The second kappa shape index (κ2) is 8.03. The maximum absolute atomic E-state index is 11.9. The van der Waals surface area contributed by atoms with Crippen molar-refractivity contribution < 1.29 is 19.1 Å². The van der Waals surface area contributed by atoms with E-state index in [9.17, 15) is 14.7 Å². The van der Waals surface area contributed by atoms with E-state index in [0.29, 0.717) is 11.4 Å². The van der Waals surface area contributed by atoms with Crippen molar-refractivity contribution in [2.75, 3.05) is 18.1 Å². The Balaban J connectivity index is 1.85. The van der Waals surface area contributed by atoms with Gasteiger partial charge >= 0.3 is 11.8 Å². The van der Waals surface area contributed by atoms with Crippen molar-refractivity contribution in [3.8, 4) is 0 Å². The van der Waals surface area contributed by atoms with Crippen LogP contribution in [0.4, 0.5) is 5.69 Å². The molecule has 2 amide bonds. The molecule has 1 unspecified atom stereocenters. The third kappa shape index (κ3) is 5.43. The molecule has 24 heavy (non-hydrogen) atoms. The summed E-state index contributed by atoms with van der Waals surface area (Å²) < 4.78 is 5.17. The van der Waals surface area contributed by atoms with E-state index in [-0.39, 0.29) is 13.0 Å². The third-order valence-electron chi connectivity index (χ3n) is 3.30. The zero-order valence-corrected chi connectivity index (χ0v) is 14.4. The van der Waals surface area contributed by atoms with Crippen LogP contribution in [0.1, 0.15) is 12.7 Å². The maximum atomic E-state index is 11.9. The van der Waals surface area contributed by atoms with Crippen molar-refractivity contribution in [1.29, 1.82) is 0 Å². The average molecular weight is 348 g/mol. The summed E-state index contributed by atoms with van der Waals surface area (Å²) in [7, 11) is 0. The van der Waals surface area contributed by atoms with Gasteiger partial charge in [-0.1, -0.05) is 6.07 Å². The Kier molecular flexibility index (Phi) is 6.05. The van der Waals surface area contributed by atoms with Crippen LogP contribution in [0.5, 0.6) is 0 Å². The van der Waals surface area contributed by atoms with Crippen LogP contribution < -0.4 is 10.6 Å². The Bertz CT molecular complexity index is 698. The summed E-state index contributed by atoms with van der Waals surface area (Å²) in [4.78, 5) is 24.8. The predicted octanol–water partition coefficient (Wildman–Crippen LogP) is 2.05. The molecule has 0 aliphatic rings. The number of benzene rings is 1. The van der Waals surface area contributed by atoms with E-state index in [1.807, 2.05) is 12.3 Å². The third-order valence-corrected chi connectivity index (χ3v) is 4.02. The molecule has 1 heterocycles. The number of thioether (sulfide) groups is 1. The van der Waals surface area contributed by atoms with Gasteiger partial charge in [0.05, 0.1) is 11.9 Å². The Hall–Kier alpha value is -2.25. The molecule has 0 aliphatic carbocycles. The Morgan fingerprint density at radius 3 is 2.71 bits per heavy atom. The van der Waals surface area contributed by atoms with Crippen molar-refractivity contribution in [1.82, 2.24) is 5.32 Å². The molecule has 128 valence electrons. The number of aliphatic hydroxyl groups is 1. The second-order valence-electron chi connectivity index (χ2n) is 5.62. The molecule has 0 saturated carbocycles. The Labute approximate surface area is 144 Å².